The molecule has 1 aromatic rings. The van der Waals surface area contributed by atoms with E-state index >= 15 is 0 Å². The van der Waals surface area contributed by atoms with Crippen molar-refractivity contribution in [1.29, 1.82) is 0 Å². The van der Waals surface area contributed by atoms with Gasteiger partial charge in [0.05, 0.1) is 0 Å². The van der Waals surface area contributed by atoms with Gasteiger partial charge >= 0.3 is 0 Å². The summed E-state index contributed by atoms with van der Waals surface area (Å²) in [5, 5.41) is 0. The van der Waals surface area contributed by atoms with Crippen LogP contribution in [0.1, 0.15) is 12.0 Å². The summed E-state index contributed by atoms with van der Waals surface area (Å²) in [5.74, 6) is -1.56. The fourth-order valence-electron chi connectivity index (χ4n) is 2.63. The number of benzene rings is 1. The van der Waals surface area contributed by atoms with Crippen LogP contribution in [0.15, 0.2) is 17.0 Å². The van der Waals surface area contributed by atoms with Crippen molar-refractivity contribution >= 4 is 10.0 Å². The third-order valence-electron chi connectivity index (χ3n) is 3.91. The van der Waals surface area contributed by atoms with Gasteiger partial charge in [-0.2, -0.15) is 0 Å². The molecule has 1 heterocycles. The second-order valence-corrected chi connectivity index (χ2v) is 7.75. The topological polar surface area (TPSA) is 40.6 Å². The molecule has 1 aliphatic heterocycles. The lowest BCUT2D eigenvalue weighted by atomic mass is 10.1. The average Bonchev–Trinajstić information content (AvgIpc) is 2.79. The molecule has 4 nitrogen and oxygen atoms in total. The van der Waals surface area contributed by atoms with Gasteiger partial charge in [0.25, 0.3) is 0 Å². The fourth-order valence-corrected chi connectivity index (χ4v) is 4.01. The van der Waals surface area contributed by atoms with Crippen LogP contribution >= 0.6 is 0 Å². The van der Waals surface area contributed by atoms with Crippen LogP contribution in [0, 0.1) is 24.5 Å². The molecule has 1 aliphatic rings. The first-order chi connectivity index (χ1) is 9.71. The van der Waals surface area contributed by atoms with E-state index in [1.165, 1.54) is 14.0 Å². The average molecular weight is 318 g/mol. The second-order valence-electron chi connectivity index (χ2n) is 5.73. The molecule has 2 rings (SSSR count). The van der Waals surface area contributed by atoms with Gasteiger partial charge < -0.3 is 4.90 Å². The van der Waals surface area contributed by atoms with E-state index in [-0.39, 0.29) is 11.5 Å². The van der Waals surface area contributed by atoms with Crippen molar-refractivity contribution in [3.8, 4) is 0 Å². The smallest absolute Gasteiger partial charge is 0.245 e. The van der Waals surface area contributed by atoms with Gasteiger partial charge in [0, 0.05) is 26.2 Å². The van der Waals surface area contributed by atoms with Crippen LogP contribution in [-0.2, 0) is 10.0 Å². The van der Waals surface area contributed by atoms with Crippen LogP contribution in [0.3, 0.4) is 0 Å². The van der Waals surface area contributed by atoms with Crippen LogP contribution in [0.5, 0.6) is 0 Å². The summed E-state index contributed by atoms with van der Waals surface area (Å²) in [6.45, 7) is 3.51. The van der Waals surface area contributed by atoms with E-state index in [1.807, 2.05) is 7.05 Å². The molecule has 0 radical (unpaired) electrons. The number of sulfonamides is 1. The Labute approximate surface area is 124 Å². The van der Waals surface area contributed by atoms with Crippen LogP contribution in [0.2, 0.25) is 0 Å². The number of halogens is 2. The van der Waals surface area contributed by atoms with Gasteiger partial charge in [-0.3, -0.25) is 0 Å². The van der Waals surface area contributed by atoms with Crippen LogP contribution < -0.4 is 0 Å². The molecule has 0 unspecified atom stereocenters. The molecule has 0 aromatic heterocycles. The van der Waals surface area contributed by atoms with E-state index in [0.717, 1.165) is 29.9 Å². The maximum absolute atomic E-state index is 13.8. The van der Waals surface area contributed by atoms with Gasteiger partial charge in [-0.15, -0.1) is 0 Å². The monoisotopic (exact) mass is 318 g/mol. The fraction of sp³-hybridized carbons (Fsp3) is 0.571. The highest BCUT2D eigenvalue weighted by molar-refractivity contribution is 7.89. The summed E-state index contributed by atoms with van der Waals surface area (Å²) in [4.78, 5) is 1.67. The largest absolute Gasteiger partial charge is 0.306 e. The minimum atomic E-state index is -3.94. The standard InChI is InChI=1S/C14H20F2N2O2S/c1-10-6-14(13(16)7-12(10)15)21(19,20)18(3)9-11-4-5-17(2)8-11/h6-7,11H,4-5,8-9H2,1-3H3/t11-/m0/s1. The van der Waals surface area contributed by atoms with Crippen LogP contribution in [0.25, 0.3) is 0 Å². The molecule has 1 fully saturated rings. The molecule has 1 aromatic carbocycles. The molecule has 118 valence electrons. The first-order valence-electron chi connectivity index (χ1n) is 6.82. The zero-order valence-electron chi connectivity index (χ0n) is 12.4. The van der Waals surface area contributed by atoms with E-state index in [9.17, 15) is 17.2 Å². The summed E-state index contributed by atoms with van der Waals surface area (Å²) in [5.41, 5.74) is 0.115. The molecule has 0 saturated carbocycles. The molecule has 0 bridgehead atoms. The van der Waals surface area contributed by atoms with Gasteiger partial charge in [0.1, 0.15) is 16.5 Å². The highest BCUT2D eigenvalue weighted by atomic mass is 32.2. The van der Waals surface area contributed by atoms with Crippen molar-refractivity contribution in [2.24, 2.45) is 5.92 Å². The molecule has 7 heteroatoms. The van der Waals surface area contributed by atoms with E-state index in [1.54, 1.807) is 0 Å². The molecule has 0 N–H and O–H groups in total. The van der Waals surface area contributed by atoms with E-state index in [4.69, 9.17) is 0 Å². The predicted octanol–water partition coefficient (Wildman–Crippen LogP) is 1.85. The summed E-state index contributed by atoms with van der Waals surface area (Å²) in [6, 6.07) is 1.68. The molecule has 0 spiro atoms. The van der Waals surface area contributed by atoms with Gasteiger partial charge in [0.15, 0.2) is 0 Å². The van der Waals surface area contributed by atoms with Crippen molar-refractivity contribution in [2.45, 2.75) is 18.2 Å². The maximum Gasteiger partial charge on any atom is 0.245 e. The summed E-state index contributed by atoms with van der Waals surface area (Å²) in [6.07, 6.45) is 0.918. The van der Waals surface area contributed by atoms with Gasteiger partial charge in [-0.25, -0.2) is 21.5 Å². The van der Waals surface area contributed by atoms with Crippen molar-refractivity contribution in [1.82, 2.24) is 9.21 Å². The Balaban J connectivity index is 2.23. The first-order valence-corrected chi connectivity index (χ1v) is 8.26. The van der Waals surface area contributed by atoms with Gasteiger partial charge in [-0.1, -0.05) is 0 Å². The molecule has 21 heavy (non-hydrogen) atoms. The number of nitrogens with zero attached hydrogens (tertiary/aromatic N) is 2. The van der Waals surface area contributed by atoms with E-state index in [0.29, 0.717) is 12.6 Å². The minimum absolute atomic E-state index is 0.115. The lowest BCUT2D eigenvalue weighted by Crippen LogP contribution is -2.33. The predicted molar refractivity (Wildman–Crippen MR) is 76.5 cm³/mol. The third-order valence-corrected chi connectivity index (χ3v) is 5.74. The normalized spacial score (nSPS) is 20.4. The van der Waals surface area contributed by atoms with Crippen molar-refractivity contribution in [2.75, 3.05) is 33.7 Å². The highest BCUT2D eigenvalue weighted by Crippen LogP contribution is 2.24. The summed E-state index contributed by atoms with van der Waals surface area (Å²) >= 11 is 0. The molecule has 1 saturated heterocycles. The van der Waals surface area contributed by atoms with Crippen molar-refractivity contribution in [3.05, 3.63) is 29.3 Å². The number of hydrogen-bond acceptors (Lipinski definition) is 3. The quantitative estimate of drug-likeness (QED) is 0.851. The van der Waals surface area contributed by atoms with Gasteiger partial charge in [-0.05, 0) is 44.5 Å². The minimum Gasteiger partial charge on any atom is -0.306 e. The second kappa shape index (κ2) is 5.98. The highest BCUT2D eigenvalue weighted by Gasteiger charge is 2.29. The SMILES string of the molecule is Cc1cc(S(=O)(=O)N(C)C[C@H]2CCN(C)C2)c(F)cc1F. The Morgan fingerprint density at radius 2 is 2.00 bits per heavy atom. The molecular formula is C14H20F2N2O2S. The van der Waals surface area contributed by atoms with E-state index in [2.05, 4.69) is 4.90 Å². The number of hydrogen-bond donors (Lipinski definition) is 0. The molecule has 0 aliphatic carbocycles. The lowest BCUT2D eigenvalue weighted by Gasteiger charge is -2.21. The van der Waals surface area contributed by atoms with Crippen LogP contribution in [0.4, 0.5) is 8.78 Å². The van der Waals surface area contributed by atoms with Gasteiger partial charge in [0.2, 0.25) is 10.0 Å². The Kier molecular flexibility index (Phi) is 4.65. The Morgan fingerprint density at radius 1 is 1.33 bits per heavy atom. The summed E-state index contributed by atoms with van der Waals surface area (Å²) < 4.78 is 53.1. The van der Waals surface area contributed by atoms with Crippen LogP contribution in [-0.4, -0.2) is 51.4 Å². The number of aryl methyl sites for hydroxylation is 1. The first kappa shape index (κ1) is 16.3. The Bertz CT molecular complexity index is 634. The number of likely N-dealkylation sites (tertiary alicyclic amines) is 1. The molecule has 0 amide bonds. The van der Waals surface area contributed by atoms with Crippen molar-refractivity contribution in [3.63, 3.8) is 0 Å². The lowest BCUT2D eigenvalue weighted by molar-refractivity contribution is 0.356. The van der Waals surface area contributed by atoms with E-state index < -0.39 is 26.6 Å². The molecular weight excluding hydrogens is 298 g/mol. The Hall–Kier alpha value is -1.05. The van der Waals surface area contributed by atoms with Crippen molar-refractivity contribution < 1.29 is 17.2 Å². The zero-order valence-corrected chi connectivity index (χ0v) is 13.3. The molecule has 1 atom stereocenters. The third kappa shape index (κ3) is 3.41. The number of rotatable bonds is 4. The Morgan fingerprint density at radius 3 is 2.57 bits per heavy atom. The zero-order chi connectivity index (χ0) is 15.8. The maximum atomic E-state index is 13.8. The summed E-state index contributed by atoms with van der Waals surface area (Å²) in [7, 11) is -0.521.